The van der Waals surface area contributed by atoms with Crippen molar-refractivity contribution in [1.29, 1.82) is 0 Å². The molecule has 1 aromatic rings. The van der Waals surface area contributed by atoms with Crippen LogP contribution in [0, 0.1) is 11.8 Å². The van der Waals surface area contributed by atoms with Crippen LogP contribution in [0.2, 0.25) is 5.02 Å². The number of carboxylic acids is 1. The van der Waals surface area contributed by atoms with Crippen LogP contribution in [-0.2, 0) is 14.8 Å². The van der Waals surface area contributed by atoms with Gasteiger partial charge in [-0.25, -0.2) is 13.1 Å². The van der Waals surface area contributed by atoms with Crippen molar-refractivity contribution in [3.8, 4) is 0 Å². The quantitative estimate of drug-likeness (QED) is 0.790. The lowest BCUT2D eigenvalue weighted by molar-refractivity contribution is -0.142. The number of nitrogens with one attached hydrogen (secondary N) is 1. The van der Waals surface area contributed by atoms with Crippen molar-refractivity contribution in [2.75, 3.05) is 6.54 Å². The average Bonchev–Trinajstić information content (AvgIpc) is 2.26. The van der Waals surface area contributed by atoms with Crippen molar-refractivity contribution < 1.29 is 18.3 Å². The van der Waals surface area contributed by atoms with E-state index in [1.165, 1.54) is 12.1 Å². The third-order valence-electron chi connectivity index (χ3n) is 2.80. The SMILES string of the molecule is CC(C)C(CNS(=O)(=O)c1ccc(Br)cc1Cl)C(=O)O. The zero-order valence-corrected chi connectivity index (χ0v) is 14.1. The van der Waals surface area contributed by atoms with E-state index in [1.54, 1.807) is 19.9 Å². The lowest BCUT2D eigenvalue weighted by atomic mass is 9.97. The number of hydrogen-bond donors (Lipinski definition) is 2. The summed E-state index contributed by atoms with van der Waals surface area (Å²) in [5.41, 5.74) is 0. The molecule has 0 aromatic heterocycles. The number of halogens is 2. The van der Waals surface area contributed by atoms with Gasteiger partial charge in [-0.1, -0.05) is 41.4 Å². The zero-order valence-electron chi connectivity index (χ0n) is 10.9. The summed E-state index contributed by atoms with van der Waals surface area (Å²) < 4.78 is 27.2. The van der Waals surface area contributed by atoms with Crippen molar-refractivity contribution in [1.82, 2.24) is 4.72 Å². The lowest BCUT2D eigenvalue weighted by Gasteiger charge is -2.17. The van der Waals surface area contributed by atoms with E-state index in [9.17, 15) is 13.2 Å². The highest BCUT2D eigenvalue weighted by molar-refractivity contribution is 9.10. The molecular weight excluding hydrogens is 370 g/mol. The standard InChI is InChI=1S/C12H15BrClNO4S/c1-7(2)9(12(16)17)6-15-20(18,19)11-4-3-8(13)5-10(11)14/h3-5,7,9,15H,6H2,1-2H3,(H,16,17). The van der Waals surface area contributed by atoms with Crippen LogP contribution in [0.4, 0.5) is 0 Å². The maximum Gasteiger partial charge on any atom is 0.308 e. The van der Waals surface area contributed by atoms with Crippen LogP contribution in [0.1, 0.15) is 13.8 Å². The summed E-state index contributed by atoms with van der Waals surface area (Å²) in [5.74, 6) is -2.01. The fourth-order valence-corrected chi connectivity index (χ4v) is 3.67. The molecule has 0 saturated carbocycles. The second-order valence-corrected chi connectivity index (χ2v) is 7.67. The van der Waals surface area contributed by atoms with Gasteiger partial charge in [-0.2, -0.15) is 0 Å². The first kappa shape index (κ1) is 17.4. The third kappa shape index (κ3) is 4.44. The molecule has 0 aliphatic heterocycles. The van der Waals surface area contributed by atoms with Gasteiger partial charge in [0, 0.05) is 11.0 Å². The minimum Gasteiger partial charge on any atom is -0.481 e. The van der Waals surface area contributed by atoms with Gasteiger partial charge in [0.2, 0.25) is 10.0 Å². The molecule has 0 saturated heterocycles. The Kier molecular flexibility index (Phi) is 6.00. The Hall–Kier alpha value is -0.630. The Morgan fingerprint density at radius 2 is 2.05 bits per heavy atom. The maximum absolute atomic E-state index is 12.1. The number of benzene rings is 1. The summed E-state index contributed by atoms with van der Waals surface area (Å²) in [4.78, 5) is 11.0. The molecule has 1 aromatic carbocycles. The van der Waals surface area contributed by atoms with Gasteiger partial charge in [0.15, 0.2) is 0 Å². The van der Waals surface area contributed by atoms with E-state index in [1.807, 2.05) is 0 Å². The summed E-state index contributed by atoms with van der Waals surface area (Å²) in [6, 6.07) is 4.38. The Labute approximate surface area is 131 Å². The van der Waals surface area contributed by atoms with E-state index in [0.717, 1.165) is 0 Å². The molecule has 8 heteroatoms. The first-order chi connectivity index (χ1) is 9.15. The van der Waals surface area contributed by atoms with Gasteiger partial charge >= 0.3 is 5.97 Å². The molecule has 112 valence electrons. The van der Waals surface area contributed by atoms with Gasteiger partial charge in [0.25, 0.3) is 0 Å². The Balaban J connectivity index is 2.93. The van der Waals surface area contributed by atoms with Crippen LogP contribution in [0.3, 0.4) is 0 Å². The first-order valence-electron chi connectivity index (χ1n) is 5.82. The minimum absolute atomic E-state index is 0.0725. The number of sulfonamides is 1. The number of aliphatic carboxylic acids is 1. The van der Waals surface area contributed by atoms with Crippen LogP contribution < -0.4 is 4.72 Å². The summed E-state index contributed by atoms with van der Waals surface area (Å²) in [6.07, 6.45) is 0. The monoisotopic (exact) mass is 383 g/mol. The maximum atomic E-state index is 12.1. The molecule has 0 heterocycles. The van der Waals surface area contributed by atoms with Gasteiger partial charge in [0.05, 0.1) is 10.9 Å². The Morgan fingerprint density at radius 3 is 2.50 bits per heavy atom. The highest BCUT2D eigenvalue weighted by Crippen LogP contribution is 2.25. The lowest BCUT2D eigenvalue weighted by Crippen LogP contribution is -2.35. The summed E-state index contributed by atoms with van der Waals surface area (Å²) in [6.45, 7) is 3.26. The molecule has 1 unspecified atom stereocenters. The highest BCUT2D eigenvalue weighted by atomic mass is 79.9. The van der Waals surface area contributed by atoms with Crippen molar-refractivity contribution in [2.45, 2.75) is 18.7 Å². The summed E-state index contributed by atoms with van der Waals surface area (Å²) >= 11 is 9.07. The largest absolute Gasteiger partial charge is 0.481 e. The van der Waals surface area contributed by atoms with Gasteiger partial charge in [0.1, 0.15) is 4.90 Å². The van der Waals surface area contributed by atoms with E-state index < -0.39 is 21.9 Å². The Bertz CT molecular complexity index is 603. The number of rotatable bonds is 6. The topological polar surface area (TPSA) is 83.5 Å². The van der Waals surface area contributed by atoms with Crippen molar-refractivity contribution in [3.05, 3.63) is 27.7 Å². The molecular formula is C12H15BrClNO4S. The molecule has 0 spiro atoms. The van der Waals surface area contributed by atoms with Crippen LogP contribution in [0.25, 0.3) is 0 Å². The summed E-state index contributed by atoms with van der Waals surface area (Å²) in [5, 5.41) is 9.11. The average molecular weight is 385 g/mol. The molecule has 0 aliphatic rings. The van der Waals surface area contributed by atoms with Crippen molar-refractivity contribution >= 4 is 43.5 Å². The van der Waals surface area contributed by atoms with Crippen LogP contribution >= 0.6 is 27.5 Å². The predicted molar refractivity (Wildman–Crippen MR) is 80.3 cm³/mol. The van der Waals surface area contributed by atoms with Gasteiger partial charge in [-0.05, 0) is 24.1 Å². The molecule has 0 radical (unpaired) electrons. The molecule has 2 N–H and O–H groups in total. The van der Waals surface area contributed by atoms with Crippen molar-refractivity contribution in [2.24, 2.45) is 11.8 Å². The normalized spacial score (nSPS) is 13.4. The Morgan fingerprint density at radius 1 is 1.45 bits per heavy atom. The van der Waals surface area contributed by atoms with Gasteiger partial charge in [-0.3, -0.25) is 4.79 Å². The zero-order chi connectivity index (χ0) is 15.5. The second kappa shape index (κ2) is 6.89. The predicted octanol–water partition coefficient (Wildman–Crippen LogP) is 2.74. The highest BCUT2D eigenvalue weighted by Gasteiger charge is 2.25. The van der Waals surface area contributed by atoms with Gasteiger partial charge in [-0.15, -0.1) is 0 Å². The number of carbonyl (C=O) groups is 1. The molecule has 0 aliphatic carbocycles. The van der Waals surface area contributed by atoms with Crippen LogP contribution in [0.15, 0.2) is 27.6 Å². The van der Waals surface area contributed by atoms with E-state index in [2.05, 4.69) is 20.7 Å². The summed E-state index contributed by atoms with van der Waals surface area (Å²) in [7, 11) is -3.84. The third-order valence-corrected chi connectivity index (χ3v) is 5.20. The first-order valence-corrected chi connectivity index (χ1v) is 8.48. The molecule has 20 heavy (non-hydrogen) atoms. The number of hydrogen-bond acceptors (Lipinski definition) is 3. The molecule has 1 rings (SSSR count). The van der Waals surface area contributed by atoms with Crippen molar-refractivity contribution in [3.63, 3.8) is 0 Å². The number of carboxylic acid groups (broad SMARTS) is 1. The molecule has 0 amide bonds. The fourth-order valence-electron chi connectivity index (χ4n) is 1.58. The minimum atomic E-state index is -3.84. The molecule has 1 atom stereocenters. The van der Waals surface area contributed by atoms with E-state index in [-0.39, 0.29) is 22.4 Å². The second-order valence-electron chi connectivity index (χ2n) is 4.62. The van der Waals surface area contributed by atoms with Crippen LogP contribution in [0.5, 0.6) is 0 Å². The van der Waals surface area contributed by atoms with E-state index in [0.29, 0.717) is 4.47 Å². The molecule has 0 fully saturated rings. The van der Waals surface area contributed by atoms with Crippen LogP contribution in [-0.4, -0.2) is 26.0 Å². The van der Waals surface area contributed by atoms with E-state index in [4.69, 9.17) is 16.7 Å². The molecule has 5 nitrogen and oxygen atoms in total. The molecule has 0 bridgehead atoms. The smallest absolute Gasteiger partial charge is 0.308 e. The fraction of sp³-hybridized carbons (Fsp3) is 0.417. The van der Waals surface area contributed by atoms with E-state index >= 15 is 0 Å². The van der Waals surface area contributed by atoms with Gasteiger partial charge < -0.3 is 5.11 Å².